The molecule has 128 valence electrons. The minimum atomic E-state index is 0.355. The Morgan fingerprint density at radius 3 is 2.12 bits per heavy atom. The highest BCUT2D eigenvalue weighted by Gasteiger charge is 1.97. The van der Waals surface area contributed by atoms with Crippen LogP contribution in [0.5, 0.6) is 11.5 Å². The van der Waals surface area contributed by atoms with Gasteiger partial charge in [-0.15, -0.1) is 0 Å². The Bertz CT molecular complexity index is 640. The number of guanidine groups is 1. The van der Waals surface area contributed by atoms with Gasteiger partial charge in [0.15, 0.2) is 5.96 Å². The van der Waals surface area contributed by atoms with Crippen molar-refractivity contribution in [1.82, 2.24) is 0 Å². The Balaban J connectivity index is 1.68. The van der Waals surface area contributed by atoms with Crippen molar-refractivity contribution < 1.29 is 14.2 Å². The molecule has 0 aliphatic heterocycles. The van der Waals surface area contributed by atoms with Crippen LogP contribution in [-0.4, -0.2) is 33.3 Å². The Morgan fingerprint density at radius 2 is 1.54 bits per heavy atom. The average molecular weight is 329 g/mol. The Kier molecular flexibility index (Phi) is 6.91. The maximum absolute atomic E-state index is 5.84. The zero-order chi connectivity index (χ0) is 17.2. The normalized spacial score (nSPS) is 11.2. The number of rotatable bonds is 8. The molecule has 0 aliphatic carbocycles. The Labute approximate surface area is 142 Å². The second-order valence-electron chi connectivity index (χ2n) is 5.02. The van der Waals surface area contributed by atoms with E-state index in [-0.39, 0.29) is 0 Å². The maximum atomic E-state index is 5.84. The van der Waals surface area contributed by atoms with Crippen LogP contribution in [0.1, 0.15) is 5.56 Å². The molecule has 0 radical (unpaired) electrons. The molecule has 2 rings (SSSR count). The van der Waals surface area contributed by atoms with Gasteiger partial charge in [-0.25, -0.2) is 0 Å². The van der Waals surface area contributed by atoms with E-state index in [9.17, 15) is 0 Å². The van der Waals surface area contributed by atoms with E-state index in [1.54, 1.807) is 14.2 Å². The number of benzene rings is 2. The number of nitrogens with two attached hydrogens (primary N) is 1. The molecule has 0 saturated carbocycles. The van der Waals surface area contributed by atoms with Crippen molar-refractivity contribution in [3.8, 4) is 11.5 Å². The van der Waals surface area contributed by atoms with Crippen LogP contribution in [-0.2, 0) is 11.3 Å². The average Bonchev–Trinajstić information content (AvgIpc) is 2.62. The highest BCUT2D eigenvalue weighted by atomic mass is 16.5. The Morgan fingerprint density at radius 1 is 0.958 bits per heavy atom. The minimum absolute atomic E-state index is 0.355. The van der Waals surface area contributed by atoms with E-state index in [1.165, 1.54) is 0 Å². The van der Waals surface area contributed by atoms with E-state index in [1.807, 2.05) is 48.5 Å². The summed E-state index contributed by atoms with van der Waals surface area (Å²) in [4.78, 5) is 4.23. The smallest absolute Gasteiger partial charge is 0.193 e. The van der Waals surface area contributed by atoms with Gasteiger partial charge in [-0.3, -0.25) is 4.99 Å². The molecule has 0 amide bonds. The first kappa shape index (κ1) is 17.6. The van der Waals surface area contributed by atoms with E-state index in [0.29, 0.717) is 25.7 Å². The molecule has 0 heterocycles. The topological polar surface area (TPSA) is 78.1 Å². The Hall–Kier alpha value is -2.73. The van der Waals surface area contributed by atoms with Gasteiger partial charge in [0.1, 0.15) is 11.5 Å². The molecule has 0 spiro atoms. The first-order valence-electron chi connectivity index (χ1n) is 7.63. The quantitative estimate of drug-likeness (QED) is 0.442. The third-order valence-corrected chi connectivity index (χ3v) is 3.31. The lowest BCUT2D eigenvalue weighted by Gasteiger charge is -2.07. The fourth-order valence-corrected chi connectivity index (χ4v) is 2.00. The predicted octanol–water partition coefficient (Wildman–Crippen LogP) is 2.65. The third kappa shape index (κ3) is 5.81. The summed E-state index contributed by atoms with van der Waals surface area (Å²) >= 11 is 0. The van der Waals surface area contributed by atoms with Crippen LogP contribution in [0.15, 0.2) is 53.5 Å². The number of ether oxygens (including phenoxy) is 3. The van der Waals surface area contributed by atoms with Crippen LogP contribution in [0.2, 0.25) is 0 Å². The summed E-state index contributed by atoms with van der Waals surface area (Å²) in [7, 11) is 3.28. The second-order valence-corrected chi connectivity index (χ2v) is 5.02. The van der Waals surface area contributed by atoms with E-state index >= 15 is 0 Å². The number of hydrogen-bond donors (Lipinski definition) is 2. The van der Waals surface area contributed by atoms with Crippen LogP contribution in [0.3, 0.4) is 0 Å². The molecule has 0 aromatic heterocycles. The van der Waals surface area contributed by atoms with Gasteiger partial charge in [0.25, 0.3) is 0 Å². The highest BCUT2D eigenvalue weighted by Crippen LogP contribution is 2.14. The predicted molar refractivity (Wildman–Crippen MR) is 95.8 cm³/mol. The zero-order valence-electron chi connectivity index (χ0n) is 14.0. The van der Waals surface area contributed by atoms with E-state index in [0.717, 1.165) is 22.7 Å². The highest BCUT2D eigenvalue weighted by molar-refractivity contribution is 5.92. The fourth-order valence-electron chi connectivity index (χ4n) is 2.00. The lowest BCUT2D eigenvalue weighted by molar-refractivity contribution is 0.128. The van der Waals surface area contributed by atoms with Crippen LogP contribution in [0, 0.1) is 0 Å². The van der Waals surface area contributed by atoms with Crippen molar-refractivity contribution in [3.05, 3.63) is 54.1 Å². The van der Waals surface area contributed by atoms with Gasteiger partial charge in [-0.2, -0.15) is 0 Å². The first-order chi connectivity index (χ1) is 11.7. The van der Waals surface area contributed by atoms with Crippen LogP contribution in [0.4, 0.5) is 5.69 Å². The SMILES string of the molecule is COc1ccc(COCCN=C(N)Nc2ccc(OC)cc2)cc1. The number of hydrogen-bond acceptors (Lipinski definition) is 4. The summed E-state index contributed by atoms with van der Waals surface area (Å²) in [6.45, 7) is 1.52. The summed E-state index contributed by atoms with van der Waals surface area (Å²) in [5.41, 5.74) is 7.78. The van der Waals surface area contributed by atoms with Gasteiger partial charge in [0, 0.05) is 5.69 Å². The molecule has 0 aliphatic rings. The minimum Gasteiger partial charge on any atom is -0.497 e. The summed E-state index contributed by atoms with van der Waals surface area (Å²) in [5.74, 6) is 1.98. The van der Waals surface area contributed by atoms with Gasteiger partial charge in [-0.1, -0.05) is 12.1 Å². The summed E-state index contributed by atoms with van der Waals surface area (Å²) in [6.07, 6.45) is 0. The molecule has 0 bridgehead atoms. The van der Waals surface area contributed by atoms with Gasteiger partial charge in [0.2, 0.25) is 0 Å². The molecule has 6 nitrogen and oxygen atoms in total. The molecule has 0 atom stereocenters. The molecular formula is C18H23N3O3. The standard InChI is InChI=1S/C18H23N3O3/c1-22-16-7-3-14(4-8-16)13-24-12-11-20-18(19)21-15-5-9-17(23-2)10-6-15/h3-10H,11-13H2,1-2H3,(H3,19,20,21). The molecular weight excluding hydrogens is 306 g/mol. The zero-order valence-corrected chi connectivity index (χ0v) is 14.0. The number of aliphatic imine (C=N–C) groups is 1. The molecule has 0 unspecified atom stereocenters. The molecule has 3 N–H and O–H groups in total. The van der Waals surface area contributed by atoms with Crippen LogP contribution < -0.4 is 20.5 Å². The lowest BCUT2D eigenvalue weighted by atomic mass is 10.2. The van der Waals surface area contributed by atoms with Crippen molar-refractivity contribution in [2.75, 3.05) is 32.7 Å². The van der Waals surface area contributed by atoms with Crippen molar-refractivity contribution in [1.29, 1.82) is 0 Å². The third-order valence-electron chi connectivity index (χ3n) is 3.31. The maximum Gasteiger partial charge on any atom is 0.193 e. The number of methoxy groups -OCH3 is 2. The fraction of sp³-hybridized carbons (Fsp3) is 0.278. The lowest BCUT2D eigenvalue weighted by Crippen LogP contribution is -2.23. The summed E-state index contributed by atoms with van der Waals surface area (Å²) in [5, 5.41) is 3.02. The van der Waals surface area contributed by atoms with Crippen molar-refractivity contribution >= 4 is 11.6 Å². The number of nitrogens with zero attached hydrogens (tertiary/aromatic N) is 1. The first-order valence-corrected chi connectivity index (χ1v) is 7.63. The van der Waals surface area contributed by atoms with E-state index in [4.69, 9.17) is 19.9 Å². The number of anilines is 1. The summed E-state index contributed by atoms with van der Waals surface area (Å²) < 4.78 is 15.8. The number of nitrogens with one attached hydrogen (secondary N) is 1. The molecule has 0 fully saturated rings. The van der Waals surface area contributed by atoms with Crippen molar-refractivity contribution in [3.63, 3.8) is 0 Å². The van der Waals surface area contributed by atoms with E-state index in [2.05, 4.69) is 10.3 Å². The molecule has 0 saturated heterocycles. The van der Waals surface area contributed by atoms with Gasteiger partial charge < -0.3 is 25.3 Å². The molecule has 2 aromatic rings. The van der Waals surface area contributed by atoms with Gasteiger partial charge in [-0.05, 0) is 42.0 Å². The van der Waals surface area contributed by atoms with Gasteiger partial charge in [0.05, 0.1) is 34.0 Å². The van der Waals surface area contributed by atoms with Crippen molar-refractivity contribution in [2.45, 2.75) is 6.61 Å². The van der Waals surface area contributed by atoms with Crippen molar-refractivity contribution in [2.24, 2.45) is 10.7 Å². The van der Waals surface area contributed by atoms with Gasteiger partial charge >= 0.3 is 0 Å². The van der Waals surface area contributed by atoms with Crippen LogP contribution in [0.25, 0.3) is 0 Å². The van der Waals surface area contributed by atoms with Crippen LogP contribution >= 0.6 is 0 Å². The largest absolute Gasteiger partial charge is 0.497 e. The second kappa shape index (κ2) is 9.42. The van der Waals surface area contributed by atoms with E-state index < -0.39 is 0 Å². The molecule has 2 aromatic carbocycles. The molecule has 24 heavy (non-hydrogen) atoms. The monoisotopic (exact) mass is 329 g/mol. The molecule has 6 heteroatoms. The summed E-state index contributed by atoms with van der Waals surface area (Å²) in [6, 6.07) is 15.2.